The molecule has 23 heavy (non-hydrogen) atoms. The Morgan fingerprint density at radius 1 is 1.26 bits per heavy atom. The summed E-state index contributed by atoms with van der Waals surface area (Å²) in [5.74, 6) is 0.531. The van der Waals surface area contributed by atoms with Gasteiger partial charge in [0, 0.05) is 30.3 Å². The molecule has 1 nitrogen and oxygen atoms in total. The SMILES string of the molecule is C=CC=CCC1C=C(N2CCCC2)c2ccccc21.C[SiH](C)[Ti]. The third kappa shape index (κ3) is 5.34. The Labute approximate surface area is 154 Å². The molecule has 1 saturated heterocycles. The van der Waals surface area contributed by atoms with Gasteiger partial charge in [0.25, 0.3) is 0 Å². The van der Waals surface area contributed by atoms with Crippen LogP contribution in [0.5, 0.6) is 0 Å². The van der Waals surface area contributed by atoms with Gasteiger partial charge < -0.3 is 4.90 Å². The molecule has 0 radical (unpaired) electrons. The second-order valence-corrected chi connectivity index (χ2v) is 14.2. The van der Waals surface area contributed by atoms with Crippen molar-refractivity contribution in [1.82, 2.24) is 4.90 Å². The van der Waals surface area contributed by atoms with E-state index in [1.54, 1.807) is 0 Å². The van der Waals surface area contributed by atoms with Crippen molar-refractivity contribution in [1.29, 1.82) is 0 Å². The minimum atomic E-state index is -0.139. The standard InChI is InChI=1S/C18H21N.C2H7Si.Ti/c1-2-3-4-9-15-14-18(19-12-7-8-13-19)17-11-6-5-10-16(15)17;1-3-2;/h2-6,10-11,14-15H,1,7-9,12-13H2;3H,1-2H3;. The summed E-state index contributed by atoms with van der Waals surface area (Å²) >= 11 is 2.31. The van der Waals surface area contributed by atoms with Crippen LogP contribution in [0.3, 0.4) is 0 Å². The van der Waals surface area contributed by atoms with Crippen LogP contribution in [-0.2, 0) is 19.7 Å². The van der Waals surface area contributed by atoms with Crippen molar-refractivity contribution in [3.63, 3.8) is 0 Å². The van der Waals surface area contributed by atoms with Crippen LogP contribution in [0, 0.1) is 0 Å². The van der Waals surface area contributed by atoms with Crippen molar-refractivity contribution < 1.29 is 19.7 Å². The summed E-state index contributed by atoms with van der Waals surface area (Å²) in [7, 11) is 0. The van der Waals surface area contributed by atoms with Gasteiger partial charge >= 0.3 is 39.4 Å². The van der Waals surface area contributed by atoms with Gasteiger partial charge in [-0.05, 0) is 24.8 Å². The van der Waals surface area contributed by atoms with Crippen LogP contribution in [-0.4, -0.2) is 24.7 Å². The number of nitrogens with zero attached hydrogens (tertiary/aromatic N) is 1. The molecule has 1 aromatic carbocycles. The number of hydrogen-bond acceptors (Lipinski definition) is 1. The molecule has 1 atom stereocenters. The maximum atomic E-state index is 3.74. The molecule has 0 aromatic heterocycles. The van der Waals surface area contributed by atoms with Crippen LogP contribution in [0.4, 0.5) is 0 Å². The molecule has 3 rings (SSSR count). The van der Waals surface area contributed by atoms with Crippen LogP contribution < -0.4 is 0 Å². The molecule has 0 amide bonds. The van der Waals surface area contributed by atoms with Crippen LogP contribution >= 0.6 is 0 Å². The Hall–Kier alpha value is -0.829. The average molecular weight is 358 g/mol. The molecular formula is C20H28NSiTi. The second-order valence-electron chi connectivity index (χ2n) is 6.49. The summed E-state index contributed by atoms with van der Waals surface area (Å²) in [6, 6.07) is 8.87. The van der Waals surface area contributed by atoms with E-state index < -0.39 is 0 Å². The van der Waals surface area contributed by atoms with Gasteiger partial charge in [0.05, 0.1) is 0 Å². The normalized spacial score (nSPS) is 19.5. The predicted molar refractivity (Wildman–Crippen MR) is 101 cm³/mol. The van der Waals surface area contributed by atoms with Crippen molar-refractivity contribution in [2.75, 3.05) is 13.1 Å². The molecule has 0 N–H and O–H groups in total. The molecule has 1 aliphatic carbocycles. The van der Waals surface area contributed by atoms with Gasteiger partial charge in [-0.3, -0.25) is 0 Å². The van der Waals surface area contributed by atoms with E-state index in [0.717, 1.165) is 6.42 Å². The number of fused-ring (bicyclic) bond motifs is 1. The summed E-state index contributed by atoms with van der Waals surface area (Å²) < 4.78 is 0. The zero-order chi connectivity index (χ0) is 16.7. The first-order valence-corrected chi connectivity index (χ1v) is 14.3. The number of hydrogen-bond donors (Lipinski definition) is 0. The Morgan fingerprint density at radius 2 is 1.91 bits per heavy atom. The third-order valence-electron chi connectivity index (χ3n) is 4.10. The molecule has 0 saturated carbocycles. The van der Waals surface area contributed by atoms with Gasteiger partial charge in [-0.15, -0.1) is 0 Å². The Morgan fingerprint density at radius 3 is 2.57 bits per heavy atom. The van der Waals surface area contributed by atoms with Crippen molar-refractivity contribution in [3.05, 3.63) is 66.3 Å². The van der Waals surface area contributed by atoms with E-state index in [1.165, 1.54) is 42.8 Å². The zero-order valence-corrected chi connectivity index (χ0v) is 17.2. The third-order valence-corrected chi connectivity index (χ3v) is 4.10. The molecule has 3 heteroatoms. The summed E-state index contributed by atoms with van der Waals surface area (Å²) in [6.45, 7) is 10.6. The molecule has 121 valence electrons. The van der Waals surface area contributed by atoms with Gasteiger partial charge in [0.15, 0.2) is 0 Å². The summed E-state index contributed by atoms with van der Waals surface area (Å²) in [5.41, 5.74) is 4.39. The molecule has 0 spiro atoms. The fourth-order valence-electron chi connectivity index (χ4n) is 3.17. The van der Waals surface area contributed by atoms with Gasteiger partial charge in [-0.25, -0.2) is 0 Å². The first-order chi connectivity index (χ1) is 11.1. The topological polar surface area (TPSA) is 3.24 Å². The van der Waals surface area contributed by atoms with E-state index in [-0.39, 0.29) is 6.66 Å². The van der Waals surface area contributed by atoms with Crippen molar-refractivity contribution in [3.8, 4) is 0 Å². The molecule has 1 unspecified atom stereocenters. The fraction of sp³-hybridized carbons (Fsp3) is 0.400. The maximum absolute atomic E-state index is 3.74. The van der Waals surface area contributed by atoms with Crippen molar-refractivity contribution in [2.45, 2.75) is 38.3 Å². The van der Waals surface area contributed by atoms with E-state index in [0.29, 0.717) is 5.92 Å². The van der Waals surface area contributed by atoms with E-state index >= 15 is 0 Å². The Balaban J connectivity index is 0.000000433. The second kappa shape index (κ2) is 9.46. The molecule has 1 fully saturated rings. The zero-order valence-electron chi connectivity index (χ0n) is 14.5. The van der Waals surface area contributed by atoms with E-state index in [4.69, 9.17) is 0 Å². The van der Waals surface area contributed by atoms with Gasteiger partial charge in [0.1, 0.15) is 0 Å². The van der Waals surface area contributed by atoms with Crippen molar-refractivity contribution >= 4 is 12.4 Å². The van der Waals surface area contributed by atoms with Crippen LogP contribution in [0.1, 0.15) is 36.3 Å². The number of allylic oxidation sites excluding steroid dienone is 4. The van der Waals surface area contributed by atoms with E-state index in [2.05, 4.69) is 80.7 Å². The number of benzene rings is 1. The number of likely N-dealkylation sites (tertiary alicyclic amines) is 1. The summed E-state index contributed by atoms with van der Waals surface area (Å²) in [6.07, 6.45) is 12.3. The molecule has 0 bridgehead atoms. The van der Waals surface area contributed by atoms with E-state index in [1.807, 2.05) is 12.2 Å². The van der Waals surface area contributed by atoms with Crippen LogP contribution in [0.2, 0.25) is 13.1 Å². The monoisotopic (exact) mass is 358 g/mol. The summed E-state index contributed by atoms with van der Waals surface area (Å²) in [5, 5.41) is 0. The molecule has 1 aromatic rings. The first-order valence-electron chi connectivity index (χ1n) is 8.68. The first kappa shape index (κ1) is 18.5. The molecular weight excluding hydrogens is 330 g/mol. The van der Waals surface area contributed by atoms with Gasteiger partial charge in [-0.2, -0.15) is 0 Å². The molecule has 1 aliphatic heterocycles. The minimum absolute atomic E-state index is 0.139. The quantitative estimate of drug-likeness (QED) is 0.548. The van der Waals surface area contributed by atoms with E-state index in [9.17, 15) is 0 Å². The Kier molecular flexibility index (Phi) is 7.62. The molecule has 1 heterocycles. The average Bonchev–Trinajstić information content (AvgIpc) is 3.15. The van der Waals surface area contributed by atoms with Crippen LogP contribution in [0.25, 0.3) is 5.70 Å². The number of rotatable bonds is 4. The van der Waals surface area contributed by atoms with Gasteiger partial charge in [0.2, 0.25) is 0 Å². The van der Waals surface area contributed by atoms with Gasteiger partial charge in [-0.1, -0.05) is 55.1 Å². The summed E-state index contributed by atoms with van der Waals surface area (Å²) in [4.78, 5) is 2.55. The van der Waals surface area contributed by atoms with Crippen LogP contribution in [0.15, 0.2) is 55.1 Å². The predicted octanol–water partition coefficient (Wildman–Crippen LogP) is 4.87. The van der Waals surface area contributed by atoms with Crippen molar-refractivity contribution in [2.24, 2.45) is 0 Å². The fourth-order valence-corrected chi connectivity index (χ4v) is 3.17. The Bertz CT molecular complexity index is 568. The molecule has 2 aliphatic rings.